The maximum atomic E-state index is 13.0. The molecule has 1 aromatic rings. The minimum Gasteiger partial charge on any atom is -0.355 e. The lowest BCUT2D eigenvalue weighted by molar-refractivity contribution is -0.125. The summed E-state index contributed by atoms with van der Waals surface area (Å²) >= 11 is 0. The van der Waals surface area contributed by atoms with Crippen molar-refractivity contribution in [2.75, 3.05) is 19.6 Å². The van der Waals surface area contributed by atoms with Gasteiger partial charge in [-0.2, -0.15) is 0 Å². The molecule has 0 aliphatic carbocycles. The zero-order valence-electron chi connectivity index (χ0n) is 10.9. The van der Waals surface area contributed by atoms with Crippen LogP contribution in [0, 0.1) is 23.5 Å². The molecule has 0 spiro atoms. The Hall–Kier alpha value is -1.49. The van der Waals surface area contributed by atoms with E-state index in [1.54, 1.807) is 0 Å². The van der Waals surface area contributed by atoms with E-state index in [9.17, 15) is 13.6 Å². The highest BCUT2D eigenvalue weighted by Gasteiger charge is 2.28. The van der Waals surface area contributed by atoms with E-state index in [2.05, 4.69) is 10.6 Å². The van der Waals surface area contributed by atoms with Gasteiger partial charge in [0, 0.05) is 19.2 Å². The molecule has 3 nitrogen and oxygen atoms in total. The van der Waals surface area contributed by atoms with Crippen LogP contribution in [0.4, 0.5) is 8.78 Å². The zero-order chi connectivity index (χ0) is 13.8. The fraction of sp³-hybridized carbons (Fsp3) is 0.500. The van der Waals surface area contributed by atoms with Crippen LogP contribution < -0.4 is 10.6 Å². The molecule has 0 radical (unpaired) electrons. The maximum absolute atomic E-state index is 13.0. The van der Waals surface area contributed by atoms with E-state index < -0.39 is 11.6 Å². The molecule has 0 bridgehead atoms. The first-order valence-electron chi connectivity index (χ1n) is 6.49. The Balaban J connectivity index is 1.81. The fourth-order valence-electron chi connectivity index (χ4n) is 2.38. The van der Waals surface area contributed by atoms with Crippen LogP contribution in [-0.2, 0) is 11.2 Å². The van der Waals surface area contributed by atoms with Crippen molar-refractivity contribution in [3.8, 4) is 0 Å². The standard InChI is InChI=1S/C14H18F2N2O/c1-9-7-17-8-13(9)14(19)18-3-2-10-4-11(15)6-12(16)5-10/h4-6,9,13,17H,2-3,7-8H2,1H3,(H,18,19)/t9-,13-/m1/s1. The van der Waals surface area contributed by atoms with Crippen molar-refractivity contribution in [2.45, 2.75) is 13.3 Å². The number of carbonyl (C=O) groups is 1. The lowest BCUT2D eigenvalue weighted by Gasteiger charge is -2.14. The summed E-state index contributed by atoms with van der Waals surface area (Å²) in [5.41, 5.74) is 0.551. The molecule has 19 heavy (non-hydrogen) atoms. The van der Waals surface area contributed by atoms with Gasteiger partial charge < -0.3 is 10.6 Å². The summed E-state index contributed by atoms with van der Waals surface area (Å²) in [5, 5.41) is 5.98. The van der Waals surface area contributed by atoms with Gasteiger partial charge in [0.25, 0.3) is 0 Å². The Morgan fingerprint density at radius 1 is 1.32 bits per heavy atom. The Morgan fingerprint density at radius 2 is 2.00 bits per heavy atom. The van der Waals surface area contributed by atoms with Crippen molar-refractivity contribution in [3.05, 3.63) is 35.4 Å². The molecule has 1 aromatic carbocycles. The molecule has 104 valence electrons. The topological polar surface area (TPSA) is 41.1 Å². The smallest absolute Gasteiger partial charge is 0.224 e. The molecular formula is C14H18F2N2O. The van der Waals surface area contributed by atoms with Crippen LogP contribution in [0.3, 0.4) is 0 Å². The van der Waals surface area contributed by atoms with Crippen molar-refractivity contribution < 1.29 is 13.6 Å². The number of nitrogens with one attached hydrogen (secondary N) is 2. The molecule has 1 aliphatic heterocycles. The van der Waals surface area contributed by atoms with Crippen LogP contribution in [0.15, 0.2) is 18.2 Å². The second-order valence-electron chi connectivity index (χ2n) is 5.06. The largest absolute Gasteiger partial charge is 0.355 e. The first-order valence-corrected chi connectivity index (χ1v) is 6.49. The van der Waals surface area contributed by atoms with Crippen LogP contribution >= 0.6 is 0 Å². The third-order valence-electron chi connectivity index (χ3n) is 3.49. The van der Waals surface area contributed by atoms with Crippen LogP contribution in [0.5, 0.6) is 0 Å². The van der Waals surface area contributed by atoms with Gasteiger partial charge in [0.1, 0.15) is 11.6 Å². The molecule has 1 saturated heterocycles. The number of hydrogen-bond donors (Lipinski definition) is 2. The molecule has 1 heterocycles. The molecule has 2 atom stereocenters. The second-order valence-corrected chi connectivity index (χ2v) is 5.06. The fourth-order valence-corrected chi connectivity index (χ4v) is 2.38. The quantitative estimate of drug-likeness (QED) is 0.868. The van der Waals surface area contributed by atoms with E-state index in [1.807, 2.05) is 6.92 Å². The second kappa shape index (κ2) is 6.10. The van der Waals surface area contributed by atoms with Gasteiger partial charge in [0.15, 0.2) is 0 Å². The van der Waals surface area contributed by atoms with E-state index in [1.165, 1.54) is 12.1 Å². The molecule has 2 N–H and O–H groups in total. The minimum atomic E-state index is -0.588. The summed E-state index contributed by atoms with van der Waals surface area (Å²) in [6, 6.07) is 3.41. The summed E-state index contributed by atoms with van der Waals surface area (Å²) in [4.78, 5) is 11.9. The highest BCUT2D eigenvalue weighted by atomic mass is 19.1. The predicted molar refractivity (Wildman–Crippen MR) is 68.6 cm³/mol. The predicted octanol–water partition coefficient (Wildman–Crippen LogP) is 1.48. The van der Waals surface area contributed by atoms with Crippen molar-refractivity contribution in [3.63, 3.8) is 0 Å². The average Bonchev–Trinajstić information content (AvgIpc) is 2.74. The number of carbonyl (C=O) groups excluding carboxylic acids is 1. The number of amides is 1. The van der Waals surface area contributed by atoms with E-state index in [0.717, 1.165) is 12.6 Å². The summed E-state index contributed by atoms with van der Waals surface area (Å²) in [6.45, 7) is 3.98. The molecule has 2 rings (SSSR count). The van der Waals surface area contributed by atoms with Gasteiger partial charge in [-0.05, 0) is 36.6 Å². The van der Waals surface area contributed by atoms with Gasteiger partial charge in [-0.25, -0.2) is 8.78 Å². The van der Waals surface area contributed by atoms with Crippen LogP contribution in [0.2, 0.25) is 0 Å². The molecule has 1 aliphatic rings. The lowest BCUT2D eigenvalue weighted by Crippen LogP contribution is -2.35. The van der Waals surface area contributed by atoms with Gasteiger partial charge in [0.2, 0.25) is 5.91 Å². The monoisotopic (exact) mass is 268 g/mol. The number of benzene rings is 1. The zero-order valence-corrected chi connectivity index (χ0v) is 10.9. The van der Waals surface area contributed by atoms with Crippen molar-refractivity contribution in [2.24, 2.45) is 11.8 Å². The van der Waals surface area contributed by atoms with E-state index in [-0.39, 0.29) is 11.8 Å². The first kappa shape index (κ1) is 13.9. The first-order chi connectivity index (χ1) is 9.06. The highest BCUT2D eigenvalue weighted by Crippen LogP contribution is 2.15. The molecule has 1 fully saturated rings. The molecular weight excluding hydrogens is 250 g/mol. The molecule has 0 saturated carbocycles. The van der Waals surface area contributed by atoms with Gasteiger partial charge in [-0.3, -0.25) is 4.79 Å². The van der Waals surface area contributed by atoms with E-state index in [0.29, 0.717) is 31.0 Å². The SMILES string of the molecule is C[C@@H]1CNC[C@H]1C(=O)NCCc1cc(F)cc(F)c1. The van der Waals surface area contributed by atoms with E-state index in [4.69, 9.17) is 0 Å². The maximum Gasteiger partial charge on any atom is 0.224 e. The molecule has 0 aromatic heterocycles. The lowest BCUT2D eigenvalue weighted by atomic mass is 9.97. The summed E-state index contributed by atoms with van der Waals surface area (Å²) in [7, 11) is 0. The Labute approximate surface area is 111 Å². The third kappa shape index (κ3) is 3.73. The van der Waals surface area contributed by atoms with Crippen molar-refractivity contribution in [1.82, 2.24) is 10.6 Å². The minimum absolute atomic E-state index is 0.00868. The summed E-state index contributed by atoms with van der Waals surface area (Å²) < 4.78 is 26.0. The van der Waals surface area contributed by atoms with E-state index >= 15 is 0 Å². The Morgan fingerprint density at radius 3 is 2.58 bits per heavy atom. The molecule has 5 heteroatoms. The average molecular weight is 268 g/mol. The Kier molecular flexibility index (Phi) is 4.47. The molecule has 1 amide bonds. The normalized spacial score (nSPS) is 22.5. The summed E-state index contributed by atoms with van der Waals surface area (Å²) in [6.07, 6.45) is 0.426. The Bertz CT molecular complexity index is 445. The number of rotatable bonds is 4. The molecule has 0 unspecified atom stereocenters. The summed E-state index contributed by atoms with van der Waals surface area (Å²) in [5.74, 6) is -0.852. The number of hydrogen-bond acceptors (Lipinski definition) is 2. The highest BCUT2D eigenvalue weighted by molar-refractivity contribution is 5.79. The third-order valence-corrected chi connectivity index (χ3v) is 3.49. The van der Waals surface area contributed by atoms with Gasteiger partial charge in [-0.15, -0.1) is 0 Å². The van der Waals surface area contributed by atoms with Gasteiger partial charge in [-0.1, -0.05) is 6.92 Å². The van der Waals surface area contributed by atoms with Crippen LogP contribution in [-0.4, -0.2) is 25.5 Å². The number of halogens is 2. The van der Waals surface area contributed by atoms with Crippen molar-refractivity contribution in [1.29, 1.82) is 0 Å². The van der Waals surface area contributed by atoms with Crippen LogP contribution in [0.1, 0.15) is 12.5 Å². The van der Waals surface area contributed by atoms with Crippen LogP contribution in [0.25, 0.3) is 0 Å². The van der Waals surface area contributed by atoms with Crippen molar-refractivity contribution >= 4 is 5.91 Å². The van der Waals surface area contributed by atoms with Gasteiger partial charge >= 0.3 is 0 Å². The van der Waals surface area contributed by atoms with Gasteiger partial charge in [0.05, 0.1) is 5.92 Å².